The number of benzene rings is 1. The molecule has 1 aromatic carbocycles. The number of nitrogens with one attached hydrogen (secondary N) is 1. The van der Waals surface area contributed by atoms with E-state index in [0.717, 1.165) is 5.56 Å². The quantitative estimate of drug-likeness (QED) is 0.877. The molecule has 1 N–H and O–H groups in total. The molecule has 0 spiro atoms. The summed E-state index contributed by atoms with van der Waals surface area (Å²) < 4.78 is 5.25. The number of nitrogens with zero attached hydrogens (tertiary/aromatic N) is 1. The van der Waals surface area contributed by atoms with Gasteiger partial charge in [0.1, 0.15) is 12.6 Å². The van der Waals surface area contributed by atoms with E-state index in [1.165, 1.54) is 12.8 Å². The fourth-order valence-corrected chi connectivity index (χ4v) is 2.48. The van der Waals surface area contributed by atoms with E-state index in [1.54, 1.807) is 4.90 Å². The van der Waals surface area contributed by atoms with Crippen LogP contribution in [0.3, 0.4) is 0 Å². The van der Waals surface area contributed by atoms with Crippen molar-refractivity contribution in [3.05, 3.63) is 35.9 Å². The maximum absolute atomic E-state index is 12.3. The Kier molecular flexibility index (Phi) is 4.20. The second-order valence-corrected chi connectivity index (χ2v) is 5.73. The van der Waals surface area contributed by atoms with Crippen molar-refractivity contribution in [3.63, 3.8) is 0 Å². The van der Waals surface area contributed by atoms with Crippen LogP contribution in [0.4, 0.5) is 0 Å². The molecule has 2 aliphatic rings. The van der Waals surface area contributed by atoms with Crippen molar-refractivity contribution in [2.45, 2.75) is 25.4 Å². The Bertz CT molecular complexity index is 514. The van der Waals surface area contributed by atoms with Crippen molar-refractivity contribution in [2.75, 3.05) is 19.8 Å². The van der Waals surface area contributed by atoms with E-state index in [1.807, 2.05) is 30.3 Å². The number of hydrogen-bond donors (Lipinski definition) is 1. The van der Waals surface area contributed by atoms with Crippen molar-refractivity contribution < 1.29 is 14.3 Å². The van der Waals surface area contributed by atoms with Gasteiger partial charge in [-0.05, 0) is 24.3 Å². The predicted octanol–water partition coefficient (Wildman–Crippen LogP) is 0.940. The Hall–Kier alpha value is -1.88. The van der Waals surface area contributed by atoms with Gasteiger partial charge in [0, 0.05) is 13.1 Å². The van der Waals surface area contributed by atoms with Gasteiger partial charge in [0.15, 0.2) is 0 Å². The molecular formula is C16H20N2O3. The first-order valence-electron chi connectivity index (χ1n) is 7.43. The van der Waals surface area contributed by atoms with Crippen molar-refractivity contribution >= 4 is 11.8 Å². The molecule has 112 valence electrons. The van der Waals surface area contributed by atoms with E-state index in [4.69, 9.17) is 4.74 Å². The first-order valence-corrected chi connectivity index (χ1v) is 7.43. The Morgan fingerprint density at radius 3 is 2.76 bits per heavy atom. The molecule has 1 aliphatic heterocycles. The zero-order valence-electron chi connectivity index (χ0n) is 12.0. The van der Waals surface area contributed by atoms with Crippen LogP contribution < -0.4 is 5.32 Å². The largest absolute Gasteiger partial charge is 0.369 e. The Labute approximate surface area is 124 Å². The molecule has 1 aliphatic carbocycles. The van der Waals surface area contributed by atoms with Gasteiger partial charge in [-0.3, -0.25) is 9.59 Å². The molecule has 5 heteroatoms. The average molecular weight is 288 g/mol. The minimum atomic E-state index is -0.523. The van der Waals surface area contributed by atoms with Crippen LogP contribution in [0.25, 0.3) is 0 Å². The van der Waals surface area contributed by atoms with Crippen LogP contribution in [-0.4, -0.2) is 42.5 Å². The molecule has 1 atom stereocenters. The topological polar surface area (TPSA) is 58.6 Å². The van der Waals surface area contributed by atoms with Crippen LogP contribution in [-0.2, 0) is 20.9 Å². The normalized spacial score (nSPS) is 22.2. The summed E-state index contributed by atoms with van der Waals surface area (Å²) in [6.07, 6.45) is 2.38. The number of hydrogen-bond acceptors (Lipinski definition) is 3. The van der Waals surface area contributed by atoms with E-state index in [2.05, 4.69) is 5.32 Å². The summed E-state index contributed by atoms with van der Waals surface area (Å²) in [7, 11) is 0. The first kappa shape index (κ1) is 14.1. The highest BCUT2D eigenvalue weighted by Gasteiger charge is 2.34. The van der Waals surface area contributed by atoms with Crippen LogP contribution in [0.1, 0.15) is 18.4 Å². The highest BCUT2D eigenvalue weighted by atomic mass is 16.5. The third-order valence-electron chi connectivity index (χ3n) is 3.96. The summed E-state index contributed by atoms with van der Waals surface area (Å²) in [4.78, 5) is 26.0. The highest BCUT2D eigenvalue weighted by molar-refractivity contribution is 5.89. The van der Waals surface area contributed by atoms with Gasteiger partial charge in [-0.2, -0.15) is 0 Å². The molecule has 1 saturated carbocycles. The number of morpholine rings is 1. The first-order chi connectivity index (χ1) is 10.2. The van der Waals surface area contributed by atoms with Crippen LogP contribution >= 0.6 is 0 Å². The number of ether oxygens (including phenoxy) is 1. The zero-order valence-corrected chi connectivity index (χ0v) is 12.0. The van der Waals surface area contributed by atoms with Gasteiger partial charge in [0.2, 0.25) is 11.8 Å². The van der Waals surface area contributed by atoms with Crippen molar-refractivity contribution in [3.8, 4) is 0 Å². The molecule has 1 saturated heterocycles. The number of rotatable bonds is 5. The molecule has 0 bridgehead atoms. The third kappa shape index (κ3) is 3.61. The van der Waals surface area contributed by atoms with Gasteiger partial charge in [-0.15, -0.1) is 0 Å². The molecule has 5 nitrogen and oxygen atoms in total. The van der Waals surface area contributed by atoms with Crippen LogP contribution in [0.5, 0.6) is 0 Å². The summed E-state index contributed by atoms with van der Waals surface area (Å²) in [6, 6.07) is 9.20. The van der Waals surface area contributed by atoms with E-state index >= 15 is 0 Å². The second-order valence-electron chi connectivity index (χ2n) is 5.73. The number of carbonyl (C=O) groups is 2. The van der Waals surface area contributed by atoms with Crippen molar-refractivity contribution in [2.24, 2.45) is 5.92 Å². The SMILES string of the molecule is O=C(NCC1CC1)C1COCC(=O)N1Cc1ccccc1. The number of carbonyl (C=O) groups excluding carboxylic acids is 2. The maximum Gasteiger partial charge on any atom is 0.249 e. The molecule has 0 radical (unpaired) electrons. The summed E-state index contributed by atoms with van der Waals surface area (Å²) in [5.74, 6) is 0.388. The van der Waals surface area contributed by atoms with Gasteiger partial charge >= 0.3 is 0 Å². The minimum absolute atomic E-state index is 0.0548. The van der Waals surface area contributed by atoms with Crippen LogP contribution in [0, 0.1) is 5.92 Å². The number of amides is 2. The monoisotopic (exact) mass is 288 g/mol. The maximum atomic E-state index is 12.3. The molecular weight excluding hydrogens is 268 g/mol. The Morgan fingerprint density at radius 1 is 1.29 bits per heavy atom. The summed E-state index contributed by atoms with van der Waals surface area (Å²) >= 11 is 0. The molecule has 2 amide bonds. The molecule has 0 aromatic heterocycles. The highest BCUT2D eigenvalue weighted by Crippen LogP contribution is 2.27. The van der Waals surface area contributed by atoms with Gasteiger partial charge < -0.3 is 15.0 Å². The fourth-order valence-electron chi connectivity index (χ4n) is 2.48. The summed E-state index contributed by atoms with van der Waals surface area (Å²) in [5, 5.41) is 2.94. The zero-order chi connectivity index (χ0) is 14.7. The lowest BCUT2D eigenvalue weighted by atomic mass is 10.1. The lowest BCUT2D eigenvalue weighted by molar-refractivity contribution is -0.155. The smallest absolute Gasteiger partial charge is 0.249 e. The average Bonchev–Trinajstić information content (AvgIpc) is 3.32. The van der Waals surface area contributed by atoms with E-state index < -0.39 is 6.04 Å². The standard InChI is InChI=1S/C16H20N2O3/c19-15-11-21-10-14(16(20)17-8-12-6-7-12)18(15)9-13-4-2-1-3-5-13/h1-5,12,14H,6-11H2,(H,17,20). The third-order valence-corrected chi connectivity index (χ3v) is 3.96. The summed E-state index contributed by atoms with van der Waals surface area (Å²) in [6.45, 7) is 1.49. The molecule has 21 heavy (non-hydrogen) atoms. The van der Waals surface area contributed by atoms with Crippen LogP contribution in [0.15, 0.2) is 30.3 Å². The second kappa shape index (κ2) is 6.26. The Morgan fingerprint density at radius 2 is 2.05 bits per heavy atom. The lowest BCUT2D eigenvalue weighted by Gasteiger charge is -2.34. The summed E-state index contributed by atoms with van der Waals surface area (Å²) in [5.41, 5.74) is 1.02. The van der Waals surface area contributed by atoms with Gasteiger partial charge in [-0.1, -0.05) is 30.3 Å². The lowest BCUT2D eigenvalue weighted by Crippen LogP contribution is -2.56. The Balaban J connectivity index is 1.66. The van der Waals surface area contributed by atoms with Gasteiger partial charge in [0.05, 0.1) is 6.61 Å². The van der Waals surface area contributed by atoms with E-state index in [-0.39, 0.29) is 25.0 Å². The van der Waals surface area contributed by atoms with Crippen molar-refractivity contribution in [1.29, 1.82) is 0 Å². The molecule has 3 rings (SSSR count). The van der Waals surface area contributed by atoms with E-state index in [0.29, 0.717) is 19.0 Å². The van der Waals surface area contributed by atoms with E-state index in [9.17, 15) is 9.59 Å². The van der Waals surface area contributed by atoms with Gasteiger partial charge in [-0.25, -0.2) is 0 Å². The molecule has 1 heterocycles. The molecule has 1 aromatic rings. The van der Waals surface area contributed by atoms with Gasteiger partial charge in [0.25, 0.3) is 0 Å². The predicted molar refractivity (Wildman–Crippen MR) is 77.3 cm³/mol. The van der Waals surface area contributed by atoms with Crippen molar-refractivity contribution in [1.82, 2.24) is 10.2 Å². The minimum Gasteiger partial charge on any atom is -0.369 e. The molecule has 1 unspecified atom stereocenters. The fraction of sp³-hybridized carbons (Fsp3) is 0.500. The molecule has 2 fully saturated rings. The van der Waals surface area contributed by atoms with Crippen LogP contribution in [0.2, 0.25) is 0 Å².